The zero-order valence-corrected chi connectivity index (χ0v) is 17.7. The molecule has 2 aromatic rings. The first-order valence-electron chi connectivity index (χ1n) is 8.02. The summed E-state index contributed by atoms with van der Waals surface area (Å²) in [5.74, 6) is -0.160. The Balaban J connectivity index is 2.09. The van der Waals surface area contributed by atoms with Crippen molar-refractivity contribution in [2.75, 3.05) is 0 Å². The summed E-state index contributed by atoms with van der Waals surface area (Å²) in [4.78, 5) is 0. The molecule has 7 heteroatoms. The number of halogens is 3. The van der Waals surface area contributed by atoms with E-state index in [1.54, 1.807) is 6.21 Å². The Morgan fingerprint density at radius 3 is 2.62 bits per heavy atom. The van der Waals surface area contributed by atoms with Gasteiger partial charge in [-0.15, -0.1) is 0 Å². The van der Waals surface area contributed by atoms with Crippen LogP contribution in [0.5, 0.6) is 5.75 Å². The highest BCUT2D eigenvalue weighted by molar-refractivity contribution is 9.10. The van der Waals surface area contributed by atoms with Crippen LogP contribution in [0, 0.1) is 5.82 Å². The second-order valence-electron chi connectivity index (χ2n) is 7.09. The van der Waals surface area contributed by atoms with Crippen molar-refractivity contribution in [3.8, 4) is 5.75 Å². The van der Waals surface area contributed by atoms with E-state index in [1.807, 2.05) is 51.1 Å². The maximum atomic E-state index is 14.0. The van der Waals surface area contributed by atoms with Crippen LogP contribution in [0.2, 0.25) is 5.02 Å². The van der Waals surface area contributed by atoms with E-state index in [1.165, 1.54) is 6.07 Å². The average molecular weight is 459 g/mol. The molecule has 0 amide bonds. The van der Waals surface area contributed by atoms with Crippen LogP contribution < -0.4 is 4.74 Å². The van der Waals surface area contributed by atoms with Gasteiger partial charge in [-0.2, -0.15) is 4.40 Å². The van der Waals surface area contributed by atoms with Gasteiger partial charge in [0, 0.05) is 28.1 Å². The predicted molar refractivity (Wildman–Crippen MR) is 108 cm³/mol. The number of benzene rings is 2. The Bertz CT molecular complexity index is 899. The van der Waals surface area contributed by atoms with Gasteiger partial charge in [0.1, 0.15) is 22.6 Å². The lowest BCUT2D eigenvalue weighted by atomic mass is 9.90. The van der Waals surface area contributed by atoms with Crippen LogP contribution in [-0.2, 0) is 23.0 Å². The summed E-state index contributed by atoms with van der Waals surface area (Å²) in [6.45, 7) is 5.56. The Morgan fingerprint density at radius 2 is 2.00 bits per heavy atom. The maximum Gasteiger partial charge on any atom is 0.174 e. The highest BCUT2D eigenvalue weighted by Crippen LogP contribution is 2.46. The number of nitrogens with zero attached hydrogens (tertiary/aromatic N) is 1. The fraction of sp³-hybridized carbons (Fsp3) is 0.316. The average Bonchev–Trinajstić information content (AvgIpc) is 2.97. The standard InChI is InChI=1S/C19H18BrClFNO2S/c1-18(2,3)26(24)23-11-19(12-7-5-4-6-8-12)10-13-15(25-19)9-14(22)17(21)16(13)20/h4-9,11H,10H2,1-3H3/b23-11+/t19-,26-/m1/s1. The second-order valence-corrected chi connectivity index (χ2v) is 10.2. The van der Waals surface area contributed by atoms with Crippen LogP contribution >= 0.6 is 27.5 Å². The molecule has 1 aliphatic rings. The molecule has 1 aliphatic heterocycles. The van der Waals surface area contributed by atoms with Gasteiger partial charge in [-0.05, 0) is 36.7 Å². The molecule has 0 saturated heterocycles. The van der Waals surface area contributed by atoms with Gasteiger partial charge in [0.25, 0.3) is 0 Å². The Morgan fingerprint density at radius 1 is 1.35 bits per heavy atom. The second kappa shape index (κ2) is 7.06. The third-order valence-corrected chi connectivity index (χ3v) is 6.91. The molecule has 138 valence electrons. The Hall–Kier alpha value is -1.24. The summed E-state index contributed by atoms with van der Waals surface area (Å²) in [6.07, 6.45) is 1.97. The van der Waals surface area contributed by atoms with Crippen LogP contribution in [0.25, 0.3) is 0 Å². The van der Waals surface area contributed by atoms with Gasteiger partial charge in [-0.3, -0.25) is 0 Å². The lowest BCUT2D eigenvalue weighted by molar-refractivity contribution is 0.177. The lowest BCUT2D eigenvalue weighted by Crippen LogP contribution is -2.34. The zero-order chi connectivity index (χ0) is 19.1. The largest absolute Gasteiger partial charge is 0.476 e. The summed E-state index contributed by atoms with van der Waals surface area (Å²) in [6, 6.07) is 10.8. The van der Waals surface area contributed by atoms with Crippen LogP contribution in [0.15, 0.2) is 45.3 Å². The minimum atomic E-state index is -1.43. The van der Waals surface area contributed by atoms with Crippen molar-refractivity contribution in [1.82, 2.24) is 0 Å². The van der Waals surface area contributed by atoms with Gasteiger partial charge in [-0.25, -0.2) is 8.60 Å². The molecule has 0 saturated carbocycles. The summed E-state index contributed by atoms with van der Waals surface area (Å²) >= 11 is 9.39. The van der Waals surface area contributed by atoms with Gasteiger partial charge in [0.05, 0.1) is 16.0 Å². The fourth-order valence-electron chi connectivity index (χ4n) is 2.68. The Labute approximate surface area is 168 Å². The van der Waals surface area contributed by atoms with Gasteiger partial charge in [-0.1, -0.05) is 41.9 Å². The normalized spacial score (nSPS) is 20.8. The minimum absolute atomic E-state index is 0.0198. The van der Waals surface area contributed by atoms with Crippen LogP contribution in [0.3, 0.4) is 0 Å². The zero-order valence-electron chi connectivity index (χ0n) is 14.6. The quantitative estimate of drug-likeness (QED) is 0.443. The van der Waals surface area contributed by atoms with Crippen molar-refractivity contribution < 1.29 is 13.3 Å². The molecular formula is C19H18BrClFNO2S. The molecule has 3 rings (SSSR count). The van der Waals surface area contributed by atoms with E-state index in [0.29, 0.717) is 16.6 Å². The SMILES string of the molecule is CC(C)(C)[S@@](=O)/N=C/[C@@]1(c2ccccc2)Cc2c(cc(F)c(Cl)c2Br)O1. The molecule has 2 atom stereocenters. The van der Waals surface area contributed by atoms with Crippen molar-refractivity contribution in [2.45, 2.75) is 37.5 Å². The fourth-order valence-corrected chi connectivity index (χ4v) is 3.96. The topological polar surface area (TPSA) is 38.7 Å². The van der Waals surface area contributed by atoms with Gasteiger partial charge >= 0.3 is 0 Å². The molecule has 0 aromatic heterocycles. The number of hydrogen-bond donors (Lipinski definition) is 0. The van der Waals surface area contributed by atoms with E-state index in [2.05, 4.69) is 20.3 Å². The van der Waals surface area contributed by atoms with E-state index >= 15 is 0 Å². The summed E-state index contributed by atoms with van der Waals surface area (Å²) in [5.41, 5.74) is 0.631. The van der Waals surface area contributed by atoms with Crippen molar-refractivity contribution in [3.05, 3.63) is 62.8 Å². The van der Waals surface area contributed by atoms with Crippen molar-refractivity contribution in [1.29, 1.82) is 0 Å². The predicted octanol–water partition coefficient (Wildman–Crippen LogP) is 5.61. The van der Waals surface area contributed by atoms with Gasteiger partial charge in [0.2, 0.25) is 0 Å². The molecule has 2 aromatic carbocycles. The van der Waals surface area contributed by atoms with Crippen LogP contribution in [-0.4, -0.2) is 15.2 Å². The highest BCUT2D eigenvalue weighted by atomic mass is 79.9. The highest BCUT2D eigenvalue weighted by Gasteiger charge is 2.42. The van der Waals surface area contributed by atoms with E-state index in [9.17, 15) is 8.60 Å². The number of rotatable bonds is 3. The van der Waals surface area contributed by atoms with E-state index in [-0.39, 0.29) is 5.02 Å². The molecular weight excluding hydrogens is 441 g/mol. The summed E-state index contributed by atoms with van der Waals surface area (Å²) in [5, 5.41) is 0.0198. The molecule has 1 heterocycles. The summed E-state index contributed by atoms with van der Waals surface area (Å²) in [7, 11) is -1.43. The van der Waals surface area contributed by atoms with Gasteiger partial charge < -0.3 is 4.74 Å². The van der Waals surface area contributed by atoms with E-state index in [4.69, 9.17) is 16.3 Å². The van der Waals surface area contributed by atoms with Crippen LogP contribution in [0.1, 0.15) is 31.9 Å². The first-order valence-corrected chi connectivity index (χ1v) is 10.3. The molecule has 0 N–H and O–H groups in total. The Kier molecular flexibility index (Phi) is 5.30. The van der Waals surface area contributed by atoms with E-state index in [0.717, 1.165) is 11.1 Å². The lowest BCUT2D eigenvalue weighted by Gasteiger charge is -2.25. The van der Waals surface area contributed by atoms with Crippen molar-refractivity contribution >= 4 is 44.7 Å². The van der Waals surface area contributed by atoms with E-state index < -0.39 is 27.2 Å². The first-order chi connectivity index (χ1) is 12.1. The van der Waals surface area contributed by atoms with Gasteiger partial charge in [0.15, 0.2) is 5.60 Å². The van der Waals surface area contributed by atoms with Crippen molar-refractivity contribution in [3.63, 3.8) is 0 Å². The maximum absolute atomic E-state index is 14.0. The third kappa shape index (κ3) is 3.59. The first kappa shape index (κ1) is 19.5. The number of fused-ring (bicyclic) bond motifs is 1. The van der Waals surface area contributed by atoms with Crippen molar-refractivity contribution in [2.24, 2.45) is 4.40 Å². The molecule has 0 spiro atoms. The third-order valence-electron chi connectivity index (χ3n) is 4.10. The monoisotopic (exact) mass is 457 g/mol. The molecule has 0 fully saturated rings. The molecule has 0 unspecified atom stereocenters. The molecule has 0 bridgehead atoms. The smallest absolute Gasteiger partial charge is 0.174 e. The van der Waals surface area contributed by atoms with Crippen LogP contribution in [0.4, 0.5) is 4.39 Å². The molecule has 3 nitrogen and oxygen atoms in total. The molecule has 0 radical (unpaired) electrons. The number of hydrogen-bond acceptors (Lipinski definition) is 2. The summed E-state index contributed by atoms with van der Waals surface area (Å²) < 4.78 is 36.8. The minimum Gasteiger partial charge on any atom is -0.476 e. The number of ether oxygens (including phenoxy) is 1. The molecule has 0 aliphatic carbocycles. The molecule has 26 heavy (non-hydrogen) atoms.